The summed E-state index contributed by atoms with van der Waals surface area (Å²) >= 11 is 3.36. The van der Waals surface area contributed by atoms with Crippen LogP contribution in [0.1, 0.15) is 33.4 Å². The molecule has 2 aromatic rings. The summed E-state index contributed by atoms with van der Waals surface area (Å²) in [5, 5.41) is 27.3. The topological polar surface area (TPSA) is 86.3 Å². The molecule has 136 valence electrons. The predicted molar refractivity (Wildman–Crippen MR) is 103 cm³/mol. The molecule has 2 rings (SSSR count). The predicted octanol–water partition coefficient (Wildman–Crippen LogP) is 4.14. The number of nitrogens with zero attached hydrogens (tertiary/aromatic N) is 2. The quantitative estimate of drug-likeness (QED) is 0.756. The number of ether oxygens (including phenoxy) is 2. The molecular weight excluding hydrogens is 396 g/mol. The lowest BCUT2D eigenvalue weighted by Gasteiger charge is -2.07. The average Bonchev–Trinajstić information content (AvgIpc) is 2.66. The fourth-order valence-corrected chi connectivity index (χ4v) is 2.75. The van der Waals surface area contributed by atoms with E-state index in [0.717, 1.165) is 27.6 Å². The van der Waals surface area contributed by atoms with Gasteiger partial charge in [-0.05, 0) is 48.2 Å². The van der Waals surface area contributed by atoms with Crippen LogP contribution in [0.15, 0.2) is 24.3 Å². The minimum Gasteiger partial charge on any atom is -0.495 e. The van der Waals surface area contributed by atoms with Crippen LogP contribution in [-0.2, 0) is 11.9 Å². The molecule has 0 radical (unpaired) electrons. The average molecular weight is 417 g/mol. The Hall–Kier alpha value is -2.54. The van der Waals surface area contributed by atoms with Crippen LogP contribution >= 0.6 is 15.9 Å². The van der Waals surface area contributed by atoms with E-state index in [-0.39, 0.29) is 6.61 Å². The number of methoxy groups -OCH3 is 2. The van der Waals surface area contributed by atoms with Crippen molar-refractivity contribution in [2.75, 3.05) is 14.2 Å². The van der Waals surface area contributed by atoms with E-state index < -0.39 is 0 Å². The molecule has 0 heterocycles. The second-order valence-corrected chi connectivity index (χ2v) is 6.06. The van der Waals surface area contributed by atoms with Crippen molar-refractivity contribution >= 4 is 15.9 Å². The first kappa shape index (κ1) is 21.5. The van der Waals surface area contributed by atoms with Crippen LogP contribution in [0.3, 0.4) is 0 Å². The number of benzene rings is 2. The van der Waals surface area contributed by atoms with Gasteiger partial charge < -0.3 is 14.6 Å². The van der Waals surface area contributed by atoms with Crippen molar-refractivity contribution in [2.24, 2.45) is 0 Å². The maximum Gasteiger partial charge on any atom is 0.137 e. The Morgan fingerprint density at radius 3 is 1.65 bits per heavy atom. The zero-order chi connectivity index (χ0) is 19.7. The highest BCUT2D eigenvalue weighted by atomic mass is 79.9. The van der Waals surface area contributed by atoms with E-state index >= 15 is 0 Å². The Labute approximate surface area is 162 Å². The summed E-state index contributed by atoms with van der Waals surface area (Å²) in [7, 11) is 3.09. The first-order valence-corrected chi connectivity index (χ1v) is 8.89. The molecule has 0 aliphatic heterocycles. The maximum absolute atomic E-state index is 8.91. The molecule has 0 saturated carbocycles. The van der Waals surface area contributed by atoms with Gasteiger partial charge in [-0.25, -0.2) is 0 Å². The zero-order valence-corrected chi connectivity index (χ0v) is 16.8. The third kappa shape index (κ3) is 5.23. The van der Waals surface area contributed by atoms with E-state index in [4.69, 9.17) is 25.1 Å². The van der Waals surface area contributed by atoms with Crippen LogP contribution in [-0.4, -0.2) is 19.3 Å². The number of hydrogen-bond donors (Lipinski definition) is 1. The fraction of sp³-hybridized carbons (Fsp3) is 0.300. The fourth-order valence-electron chi connectivity index (χ4n) is 2.43. The van der Waals surface area contributed by atoms with Crippen molar-refractivity contribution in [3.05, 3.63) is 57.6 Å². The van der Waals surface area contributed by atoms with Crippen LogP contribution in [0.5, 0.6) is 11.5 Å². The third-order valence-electron chi connectivity index (χ3n) is 3.72. The Kier molecular flexibility index (Phi) is 8.64. The second kappa shape index (κ2) is 10.5. The highest BCUT2D eigenvalue weighted by Gasteiger charge is 2.08. The lowest BCUT2D eigenvalue weighted by atomic mass is 10.1. The van der Waals surface area contributed by atoms with E-state index in [1.54, 1.807) is 19.2 Å². The van der Waals surface area contributed by atoms with Crippen molar-refractivity contribution in [2.45, 2.75) is 25.8 Å². The number of nitriles is 2. The summed E-state index contributed by atoms with van der Waals surface area (Å²) < 4.78 is 10.1. The van der Waals surface area contributed by atoms with Crippen LogP contribution in [0.25, 0.3) is 0 Å². The summed E-state index contributed by atoms with van der Waals surface area (Å²) in [6.45, 7) is 3.69. The third-order valence-corrected chi connectivity index (χ3v) is 4.37. The number of hydrogen-bond acceptors (Lipinski definition) is 5. The normalized spacial score (nSPS) is 9.38. The Morgan fingerprint density at radius 2 is 1.31 bits per heavy atom. The van der Waals surface area contributed by atoms with Gasteiger partial charge in [-0.1, -0.05) is 28.1 Å². The Balaban J connectivity index is 0.000000260. The number of rotatable bonds is 4. The van der Waals surface area contributed by atoms with E-state index in [0.29, 0.717) is 22.6 Å². The van der Waals surface area contributed by atoms with Crippen molar-refractivity contribution in [1.29, 1.82) is 10.5 Å². The first-order chi connectivity index (χ1) is 12.4. The van der Waals surface area contributed by atoms with E-state index in [1.807, 2.05) is 26.0 Å². The molecule has 0 aliphatic rings. The van der Waals surface area contributed by atoms with Crippen molar-refractivity contribution < 1.29 is 14.6 Å². The summed E-state index contributed by atoms with van der Waals surface area (Å²) in [6.07, 6.45) is 0. The number of alkyl halides is 1. The molecule has 0 atom stereocenters. The monoisotopic (exact) mass is 416 g/mol. The van der Waals surface area contributed by atoms with Gasteiger partial charge in [0.1, 0.15) is 23.6 Å². The molecular formula is C20H21BrN2O3. The molecule has 2 aromatic carbocycles. The van der Waals surface area contributed by atoms with Gasteiger partial charge in [-0.2, -0.15) is 10.5 Å². The molecule has 26 heavy (non-hydrogen) atoms. The summed E-state index contributed by atoms with van der Waals surface area (Å²) in [4.78, 5) is 0. The molecule has 0 spiro atoms. The SMILES string of the molecule is COc1cc(CBr)cc(C)c1C#N.COc1cc(CO)cc(C)c1C#N. The van der Waals surface area contributed by atoms with Crippen LogP contribution in [0.2, 0.25) is 0 Å². The number of aliphatic hydroxyl groups is 1. The number of aryl methyl sites for hydroxylation is 2. The van der Waals surface area contributed by atoms with E-state index in [2.05, 4.69) is 28.1 Å². The van der Waals surface area contributed by atoms with Crippen LogP contribution in [0, 0.1) is 36.5 Å². The van der Waals surface area contributed by atoms with Crippen molar-refractivity contribution in [3.8, 4) is 23.6 Å². The van der Waals surface area contributed by atoms with Crippen LogP contribution in [0.4, 0.5) is 0 Å². The van der Waals surface area contributed by atoms with Crippen molar-refractivity contribution in [3.63, 3.8) is 0 Å². The molecule has 5 nitrogen and oxygen atoms in total. The molecule has 6 heteroatoms. The van der Waals surface area contributed by atoms with E-state index in [9.17, 15) is 0 Å². The van der Waals surface area contributed by atoms with Gasteiger partial charge in [-0.3, -0.25) is 0 Å². The van der Waals surface area contributed by atoms with Crippen LogP contribution < -0.4 is 9.47 Å². The van der Waals surface area contributed by atoms with Gasteiger partial charge in [0.05, 0.1) is 32.0 Å². The summed E-state index contributed by atoms with van der Waals surface area (Å²) in [5.41, 5.74) is 4.80. The lowest BCUT2D eigenvalue weighted by molar-refractivity contribution is 0.281. The Morgan fingerprint density at radius 1 is 0.885 bits per heavy atom. The molecule has 0 aromatic heterocycles. The molecule has 0 amide bonds. The van der Waals surface area contributed by atoms with Crippen molar-refractivity contribution in [1.82, 2.24) is 0 Å². The van der Waals surface area contributed by atoms with Gasteiger partial charge in [0, 0.05) is 5.33 Å². The standard InChI is InChI=1S/C10H10BrNO.C10H11NO2/c1-7-3-8(5-11)4-10(13-2)9(7)6-12;1-7-3-8(6-12)4-10(13-2)9(7)5-11/h3-4H,5H2,1-2H3;3-4,12H,6H2,1-2H3. The molecule has 1 N–H and O–H groups in total. The minimum atomic E-state index is -0.0388. The van der Waals surface area contributed by atoms with Gasteiger partial charge in [0.2, 0.25) is 0 Å². The maximum atomic E-state index is 8.91. The van der Waals surface area contributed by atoms with Gasteiger partial charge in [0.25, 0.3) is 0 Å². The molecule has 0 saturated heterocycles. The molecule has 0 aliphatic carbocycles. The van der Waals surface area contributed by atoms with Gasteiger partial charge in [-0.15, -0.1) is 0 Å². The molecule has 0 fully saturated rings. The number of aliphatic hydroxyl groups excluding tert-OH is 1. The first-order valence-electron chi connectivity index (χ1n) is 7.77. The van der Waals surface area contributed by atoms with Gasteiger partial charge >= 0.3 is 0 Å². The van der Waals surface area contributed by atoms with E-state index in [1.165, 1.54) is 7.11 Å². The molecule has 0 bridgehead atoms. The molecule has 0 unspecified atom stereocenters. The summed E-state index contributed by atoms with van der Waals surface area (Å²) in [5.74, 6) is 1.17. The highest BCUT2D eigenvalue weighted by Crippen LogP contribution is 2.24. The second-order valence-electron chi connectivity index (χ2n) is 5.50. The smallest absolute Gasteiger partial charge is 0.137 e. The zero-order valence-electron chi connectivity index (χ0n) is 15.3. The largest absolute Gasteiger partial charge is 0.495 e. The minimum absolute atomic E-state index is 0.0388. The number of halogens is 1. The summed E-state index contributed by atoms with van der Waals surface area (Å²) in [6, 6.07) is 11.5. The lowest BCUT2D eigenvalue weighted by Crippen LogP contribution is -1.94. The highest BCUT2D eigenvalue weighted by molar-refractivity contribution is 9.08. The van der Waals surface area contributed by atoms with Gasteiger partial charge in [0.15, 0.2) is 0 Å². The Bertz CT molecular complexity index is 780.